The molecule has 0 spiro atoms. The van der Waals surface area contributed by atoms with Crippen LogP contribution in [0.5, 0.6) is 0 Å². The Balaban J connectivity index is 1.84. The minimum Gasteiger partial charge on any atom is -0.344 e. The summed E-state index contributed by atoms with van der Waals surface area (Å²) in [6.07, 6.45) is 5.03. The predicted octanol–water partition coefficient (Wildman–Crippen LogP) is 2.62. The van der Waals surface area contributed by atoms with E-state index in [1.807, 2.05) is 49.5 Å². The van der Waals surface area contributed by atoms with Crippen molar-refractivity contribution in [2.24, 2.45) is 0 Å². The Bertz CT molecular complexity index is 560. The first-order chi connectivity index (χ1) is 10.2. The van der Waals surface area contributed by atoms with Gasteiger partial charge in [-0.05, 0) is 36.1 Å². The normalized spacial score (nSPS) is 11.9. The second kappa shape index (κ2) is 7.84. The van der Waals surface area contributed by atoms with E-state index in [-0.39, 0.29) is 11.2 Å². The van der Waals surface area contributed by atoms with E-state index in [2.05, 4.69) is 17.6 Å². The Morgan fingerprint density at radius 1 is 1.14 bits per heavy atom. The van der Waals surface area contributed by atoms with E-state index in [0.29, 0.717) is 13.0 Å². The fourth-order valence-electron chi connectivity index (χ4n) is 2.14. The van der Waals surface area contributed by atoms with E-state index in [1.54, 1.807) is 17.3 Å². The highest BCUT2D eigenvalue weighted by Crippen LogP contribution is 2.10. The minimum absolute atomic E-state index is 0.0660. The third-order valence-electron chi connectivity index (χ3n) is 3.42. The van der Waals surface area contributed by atoms with Gasteiger partial charge in [-0.1, -0.05) is 30.3 Å². The van der Waals surface area contributed by atoms with Crippen LogP contribution in [0.3, 0.4) is 0 Å². The third kappa shape index (κ3) is 4.90. The van der Waals surface area contributed by atoms with E-state index >= 15 is 0 Å². The lowest BCUT2D eigenvalue weighted by molar-refractivity contribution is -0.129. The van der Waals surface area contributed by atoms with E-state index in [0.717, 1.165) is 12.0 Å². The Hall–Kier alpha value is -1.81. The standard InChI is InChI=1S/C17H20N2OS/c1-19(12-9-14-7-10-18-11-8-14)17(20)16(21)13-15-5-3-2-4-6-15/h2-8,10-11,16,21H,9,12-13H2,1H3. The lowest BCUT2D eigenvalue weighted by Crippen LogP contribution is -2.36. The molecule has 0 fully saturated rings. The molecular formula is C17H20N2OS. The Morgan fingerprint density at radius 2 is 1.81 bits per heavy atom. The highest BCUT2D eigenvalue weighted by atomic mass is 32.1. The number of amides is 1. The molecule has 1 atom stereocenters. The second-order valence-corrected chi connectivity index (χ2v) is 5.69. The quantitative estimate of drug-likeness (QED) is 0.832. The lowest BCUT2D eigenvalue weighted by atomic mass is 10.1. The van der Waals surface area contributed by atoms with E-state index < -0.39 is 0 Å². The van der Waals surface area contributed by atoms with E-state index in [9.17, 15) is 4.79 Å². The van der Waals surface area contributed by atoms with Crippen LogP contribution in [0.2, 0.25) is 0 Å². The molecule has 110 valence electrons. The number of rotatable bonds is 6. The first-order valence-electron chi connectivity index (χ1n) is 7.02. The number of aromatic nitrogens is 1. The first kappa shape index (κ1) is 15.6. The Labute approximate surface area is 131 Å². The number of nitrogens with zero attached hydrogens (tertiary/aromatic N) is 2. The number of likely N-dealkylation sites (N-methyl/N-ethyl adjacent to an activating group) is 1. The van der Waals surface area contributed by atoms with Gasteiger partial charge in [-0.3, -0.25) is 9.78 Å². The highest BCUT2D eigenvalue weighted by molar-refractivity contribution is 7.81. The van der Waals surface area contributed by atoms with Crippen molar-refractivity contribution in [2.75, 3.05) is 13.6 Å². The molecule has 1 aromatic carbocycles. The summed E-state index contributed by atoms with van der Waals surface area (Å²) in [6, 6.07) is 13.9. The van der Waals surface area contributed by atoms with Crippen LogP contribution in [-0.4, -0.2) is 34.6 Å². The van der Waals surface area contributed by atoms with Crippen LogP contribution < -0.4 is 0 Å². The Kier molecular flexibility index (Phi) is 5.81. The zero-order chi connectivity index (χ0) is 15.1. The van der Waals surface area contributed by atoms with Gasteiger partial charge in [0.1, 0.15) is 0 Å². The summed E-state index contributed by atoms with van der Waals surface area (Å²) in [4.78, 5) is 18.0. The summed E-state index contributed by atoms with van der Waals surface area (Å²) in [6.45, 7) is 0.689. The van der Waals surface area contributed by atoms with Gasteiger partial charge in [0.05, 0.1) is 5.25 Å². The van der Waals surface area contributed by atoms with Gasteiger partial charge >= 0.3 is 0 Å². The molecule has 0 aliphatic rings. The summed E-state index contributed by atoms with van der Waals surface area (Å²) in [5, 5.41) is -0.296. The molecule has 0 saturated carbocycles. The van der Waals surface area contributed by atoms with Crippen molar-refractivity contribution in [3.05, 3.63) is 66.0 Å². The highest BCUT2D eigenvalue weighted by Gasteiger charge is 2.18. The van der Waals surface area contributed by atoms with Gasteiger partial charge in [0.15, 0.2) is 0 Å². The van der Waals surface area contributed by atoms with Crippen LogP contribution in [0.1, 0.15) is 11.1 Å². The summed E-state index contributed by atoms with van der Waals surface area (Å²) in [5.74, 6) is 0.0660. The van der Waals surface area contributed by atoms with Gasteiger partial charge in [0, 0.05) is 26.0 Å². The van der Waals surface area contributed by atoms with Gasteiger partial charge in [-0.2, -0.15) is 12.6 Å². The largest absolute Gasteiger partial charge is 0.344 e. The van der Waals surface area contributed by atoms with Crippen molar-refractivity contribution >= 4 is 18.5 Å². The van der Waals surface area contributed by atoms with Gasteiger partial charge in [-0.25, -0.2) is 0 Å². The molecule has 2 aromatic rings. The van der Waals surface area contributed by atoms with Crippen molar-refractivity contribution in [3.63, 3.8) is 0 Å². The average molecular weight is 300 g/mol. The predicted molar refractivity (Wildman–Crippen MR) is 88.5 cm³/mol. The summed E-state index contributed by atoms with van der Waals surface area (Å²) < 4.78 is 0. The summed E-state index contributed by atoms with van der Waals surface area (Å²) >= 11 is 4.45. The zero-order valence-corrected chi connectivity index (χ0v) is 13.0. The van der Waals surface area contributed by atoms with E-state index in [4.69, 9.17) is 0 Å². The summed E-state index contributed by atoms with van der Waals surface area (Å²) in [5.41, 5.74) is 2.32. The molecular weight excluding hydrogens is 280 g/mol. The number of hydrogen-bond acceptors (Lipinski definition) is 3. The number of carbonyl (C=O) groups is 1. The molecule has 3 nitrogen and oxygen atoms in total. The van der Waals surface area contributed by atoms with Crippen LogP contribution >= 0.6 is 12.6 Å². The van der Waals surface area contributed by atoms with Crippen molar-refractivity contribution in [1.82, 2.24) is 9.88 Å². The maximum absolute atomic E-state index is 12.3. The number of benzene rings is 1. The number of pyridine rings is 1. The molecule has 0 aliphatic heterocycles. The maximum Gasteiger partial charge on any atom is 0.235 e. The number of thiol groups is 1. The maximum atomic E-state index is 12.3. The van der Waals surface area contributed by atoms with Crippen molar-refractivity contribution in [3.8, 4) is 0 Å². The molecule has 21 heavy (non-hydrogen) atoms. The van der Waals surface area contributed by atoms with Gasteiger partial charge < -0.3 is 4.90 Å². The minimum atomic E-state index is -0.296. The van der Waals surface area contributed by atoms with Gasteiger partial charge in [-0.15, -0.1) is 0 Å². The van der Waals surface area contributed by atoms with Crippen LogP contribution in [0.15, 0.2) is 54.9 Å². The first-order valence-corrected chi connectivity index (χ1v) is 7.54. The lowest BCUT2D eigenvalue weighted by Gasteiger charge is -2.21. The molecule has 1 amide bonds. The van der Waals surface area contributed by atoms with Crippen LogP contribution in [0, 0.1) is 0 Å². The molecule has 1 unspecified atom stereocenters. The van der Waals surface area contributed by atoms with Crippen LogP contribution in [0.4, 0.5) is 0 Å². The SMILES string of the molecule is CN(CCc1ccncc1)C(=O)C(S)Cc1ccccc1. The average Bonchev–Trinajstić information content (AvgIpc) is 2.53. The smallest absolute Gasteiger partial charge is 0.235 e. The van der Waals surface area contributed by atoms with Crippen LogP contribution in [0.25, 0.3) is 0 Å². The molecule has 1 aromatic heterocycles. The summed E-state index contributed by atoms with van der Waals surface area (Å²) in [7, 11) is 1.83. The monoisotopic (exact) mass is 300 g/mol. The fraction of sp³-hybridized carbons (Fsp3) is 0.294. The van der Waals surface area contributed by atoms with Crippen molar-refractivity contribution < 1.29 is 4.79 Å². The molecule has 0 radical (unpaired) electrons. The fourth-order valence-corrected chi connectivity index (χ4v) is 2.54. The number of hydrogen-bond donors (Lipinski definition) is 1. The second-order valence-electron chi connectivity index (χ2n) is 5.07. The zero-order valence-electron chi connectivity index (χ0n) is 12.1. The molecule has 2 rings (SSSR count). The van der Waals surface area contributed by atoms with Gasteiger partial charge in [0.2, 0.25) is 5.91 Å². The molecule has 0 aliphatic carbocycles. The molecule has 0 saturated heterocycles. The third-order valence-corrected chi connectivity index (χ3v) is 3.82. The number of carbonyl (C=O) groups excluding carboxylic acids is 1. The van der Waals surface area contributed by atoms with Crippen molar-refractivity contribution in [2.45, 2.75) is 18.1 Å². The Morgan fingerprint density at radius 3 is 2.48 bits per heavy atom. The van der Waals surface area contributed by atoms with Crippen molar-refractivity contribution in [1.29, 1.82) is 0 Å². The molecule has 4 heteroatoms. The van der Waals surface area contributed by atoms with Crippen LogP contribution in [-0.2, 0) is 17.6 Å². The molecule has 0 bridgehead atoms. The molecule has 1 heterocycles. The topological polar surface area (TPSA) is 33.2 Å². The van der Waals surface area contributed by atoms with Gasteiger partial charge in [0.25, 0.3) is 0 Å². The van der Waals surface area contributed by atoms with E-state index in [1.165, 1.54) is 5.56 Å². The molecule has 0 N–H and O–H groups in total.